The molecule has 0 bridgehead atoms. The predicted octanol–water partition coefficient (Wildman–Crippen LogP) is 5.52. The molecule has 26 heavy (non-hydrogen) atoms. The van der Waals surface area contributed by atoms with E-state index in [1.165, 1.54) is 18.2 Å². The Morgan fingerprint density at radius 1 is 1.35 bits per heavy atom. The van der Waals surface area contributed by atoms with Gasteiger partial charge in [-0.15, -0.1) is 11.3 Å². The lowest BCUT2D eigenvalue weighted by molar-refractivity contribution is -0.110. The van der Waals surface area contributed by atoms with Crippen molar-refractivity contribution < 1.29 is 31.9 Å². The molecule has 0 radical (unpaired) electrons. The fourth-order valence-corrected chi connectivity index (χ4v) is 3.18. The van der Waals surface area contributed by atoms with Crippen LogP contribution in [0.3, 0.4) is 0 Å². The van der Waals surface area contributed by atoms with E-state index in [1.54, 1.807) is 13.0 Å². The minimum atomic E-state index is -4.00. The van der Waals surface area contributed by atoms with E-state index in [2.05, 4.69) is 5.32 Å². The van der Waals surface area contributed by atoms with Gasteiger partial charge in [-0.3, -0.25) is 4.79 Å². The van der Waals surface area contributed by atoms with Crippen LogP contribution in [0.2, 0.25) is 4.34 Å². The largest absolute Gasteiger partial charge is 0.462 e. The molecule has 0 fully saturated rings. The summed E-state index contributed by atoms with van der Waals surface area (Å²) in [5.74, 6) is -1.18. The van der Waals surface area contributed by atoms with Gasteiger partial charge in [0.1, 0.15) is 20.7 Å². The maximum Gasteiger partial charge on any atom is 0.386 e. The van der Waals surface area contributed by atoms with Gasteiger partial charge in [0.25, 0.3) is 0 Å². The van der Waals surface area contributed by atoms with Gasteiger partial charge in [-0.25, -0.2) is 9.18 Å². The Bertz CT molecular complexity index is 771. The molecule has 0 saturated carbocycles. The van der Waals surface area contributed by atoms with Crippen LogP contribution in [0, 0.1) is 5.82 Å². The van der Waals surface area contributed by atoms with Crippen LogP contribution < -0.4 is 5.32 Å². The molecular formula is C16H14ClF4NO3S. The lowest BCUT2D eigenvalue weighted by Crippen LogP contribution is -2.08. The molecule has 0 spiro atoms. The molecule has 1 N–H and O–H groups in total. The van der Waals surface area contributed by atoms with Crippen molar-refractivity contribution in [2.24, 2.45) is 0 Å². The first-order valence-electron chi connectivity index (χ1n) is 7.11. The number of hydrogen-bond acceptors (Lipinski definition) is 4. The smallest absolute Gasteiger partial charge is 0.386 e. The zero-order valence-corrected chi connectivity index (χ0v) is 15.2. The van der Waals surface area contributed by atoms with Gasteiger partial charge in [0, 0.05) is 18.1 Å². The van der Waals surface area contributed by atoms with Crippen LogP contribution in [0.1, 0.15) is 24.2 Å². The lowest BCUT2D eigenvalue weighted by Gasteiger charge is -2.07. The number of thiophene rings is 1. The Morgan fingerprint density at radius 3 is 2.42 bits per heavy atom. The summed E-state index contributed by atoms with van der Waals surface area (Å²) < 4.78 is 50.2. The van der Waals surface area contributed by atoms with E-state index in [0.29, 0.717) is 6.41 Å². The minimum Gasteiger partial charge on any atom is -0.462 e. The second-order valence-electron chi connectivity index (χ2n) is 4.70. The Morgan fingerprint density at radius 2 is 1.92 bits per heavy atom. The normalized spacial score (nSPS) is 10.6. The summed E-state index contributed by atoms with van der Waals surface area (Å²) in [6, 6.07) is 5.95. The molecule has 0 saturated heterocycles. The highest BCUT2D eigenvalue weighted by molar-refractivity contribution is 7.21. The highest BCUT2D eigenvalue weighted by Gasteiger charge is 2.26. The standard InChI is InChI=1S/C14H11ClFNO3S.C2H3F3/c1-2-20-14(19)11-10(8-5-3-4-6-9(8)16)12(15)21-13(11)17-7-18;1-2(3,4)5/h3-7H,2H2,1H3,(H,17,18);1H3. The van der Waals surface area contributed by atoms with Crippen LogP contribution in [0.15, 0.2) is 24.3 Å². The van der Waals surface area contributed by atoms with Gasteiger partial charge in [-0.1, -0.05) is 29.8 Å². The molecule has 1 aromatic heterocycles. The topological polar surface area (TPSA) is 55.4 Å². The first-order chi connectivity index (χ1) is 12.1. The lowest BCUT2D eigenvalue weighted by atomic mass is 10.0. The van der Waals surface area contributed by atoms with Crippen LogP contribution in [0.5, 0.6) is 0 Å². The summed E-state index contributed by atoms with van der Waals surface area (Å²) in [7, 11) is 0. The van der Waals surface area contributed by atoms with Crippen molar-refractivity contribution >= 4 is 40.3 Å². The monoisotopic (exact) mass is 411 g/mol. The number of amides is 1. The SMILES string of the molecule is CC(F)(F)F.CCOC(=O)c1c(NC=O)sc(Cl)c1-c1ccccc1F. The van der Waals surface area contributed by atoms with Crippen LogP contribution in [-0.4, -0.2) is 25.2 Å². The van der Waals surface area contributed by atoms with E-state index >= 15 is 0 Å². The number of hydrogen-bond donors (Lipinski definition) is 1. The maximum absolute atomic E-state index is 14.0. The number of benzene rings is 1. The summed E-state index contributed by atoms with van der Waals surface area (Å²) in [6.45, 7) is 2.00. The predicted molar refractivity (Wildman–Crippen MR) is 92.1 cm³/mol. The summed E-state index contributed by atoms with van der Waals surface area (Å²) >= 11 is 7.10. The molecule has 2 aromatic rings. The summed E-state index contributed by atoms with van der Waals surface area (Å²) in [5.41, 5.74) is 0.465. The third kappa shape index (κ3) is 6.30. The van der Waals surface area contributed by atoms with E-state index in [-0.39, 0.29) is 39.6 Å². The minimum absolute atomic E-state index is 0.0593. The number of halogens is 5. The highest BCUT2D eigenvalue weighted by Crippen LogP contribution is 2.44. The van der Waals surface area contributed by atoms with Crippen molar-refractivity contribution in [2.45, 2.75) is 20.0 Å². The zero-order chi connectivity index (χ0) is 19.9. The summed E-state index contributed by atoms with van der Waals surface area (Å²) in [5, 5.41) is 2.62. The number of alkyl halides is 3. The molecule has 0 aliphatic heterocycles. The van der Waals surface area contributed by atoms with E-state index in [4.69, 9.17) is 16.3 Å². The second-order valence-corrected chi connectivity index (χ2v) is 6.32. The number of esters is 1. The molecule has 0 aliphatic carbocycles. The quantitative estimate of drug-likeness (QED) is 0.400. The number of anilines is 1. The summed E-state index contributed by atoms with van der Waals surface area (Å²) in [4.78, 5) is 22.8. The first kappa shape index (κ1) is 21.9. The van der Waals surface area contributed by atoms with E-state index < -0.39 is 18.0 Å². The molecule has 1 amide bonds. The molecule has 4 nitrogen and oxygen atoms in total. The zero-order valence-electron chi connectivity index (χ0n) is 13.6. The molecule has 2 rings (SSSR count). The molecular weight excluding hydrogens is 398 g/mol. The molecule has 10 heteroatoms. The van der Waals surface area contributed by atoms with Gasteiger partial charge >= 0.3 is 12.1 Å². The molecule has 0 unspecified atom stereocenters. The molecule has 142 valence electrons. The third-order valence-electron chi connectivity index (χ3n) is 2.68. The van der Waals surface area contributed by atoms with Crippen LogP contribution in [-0.2, 0) is 9.53 Å². The Hall–Kier alpha value is -2.13. The summed E-state index contributed by atoms with van der Waals surface area (Å²) in [6.07, 6.45) is -3.57. The van der Waals surface area contributed by atoms with Crippen LogP contribution in [0.4, 0.5) is 22.6 Å². The van der Waals surface area contributed by atoms with Crippen molar-refractivity contribution in [1.29, 1.82) is 0 Å². The number of carbonyl (C=O) groups is 2. The first-order valence-corrected chi connectivity index (χ1v) is 8.30. The van der Waals surface area contributed by atoms with E-state index in [9.17, 15) is 27.2 Å². The fraction of sp³-hybridized carbons (Fsp3) is 0.250. The Labute approximate surface area is 155 Å². The van der Waals surface area contributed by atoms with Gasteiger partial charge in [-0.05, 0) is 13.0 Å². The van der Waals surface area contributed by atoms with E-state index in [1.807, 2.05) is 0 Å². The van der Waals surface area contributed by atoms with Crippen LogP contribution >= 0.6 is 22.9 Å². The van der Waals surface area contributed by atoms with Gasteiger partial charge in [0.2, 0.25) is 6.41 Å². The third-order valence-corrected chi connectivity index (χ3v) is 4.01. The Balaban J connectivity index is 0.000000597. The van der Waals surface area contributed by atoms with Crippen molar-refractivity contribution in [3.63, 3.8) is 0 Å². The van der Waals surface area contributed by atoms with Crippen molar-refractivity contribution in [3.05, 3.63) is 40.0 Å². The van der Waals surface area contributed by atoms with Crippen molar-refractivity contribution in [1.82, 2.24) is 0 Å². The van der Waals surface area contributed by atoms with Gasteiger partial charge in [-0.2, -0.15) is 13.2 Å². The van der Waals surface area contributed by atoms with Crippen LogP contribution in [0.25, 0.3) is 11.1 Å². The fourth-order valence-electron chi connectivity index (χ4n) is 1.86. The molecule has 1 heterocycles. The number of rotatable bonds is 5. The average Bonchev–Trinajstić information content (AvgIpc) is 2.83. The van der Waals surface area contributed by atoms with Gasteiger partial charge in [0.05, 0.1) is 6.61 Å². The van der Waals surface area contributed by atoms with Crippen molar-refractivity contribution in [2.75, 3.05) is 11.9 Å². The average molecular weight is 412 g/mol. The second kappa shape index (κ2) is 9.54. The van der Waals surface area contributed by atoms with Gasteiger partial charge in [0.15, 0.2) is 0 Å². The number of nitrogens with one attached hydrogen (secondary N) is 1. The van der Waals surface area contributed by atoms with E-state index in [0.717, 1.165) is 11.3 Å². The highest BCUT2D eigenvalue weighted by atomic mass is 35.5. The maximum atomic E-state index is 14.0. The molecule has 0 atom stereocenters. The number of ether oxygens (including phenoxy) is 1. The van der Waals surface area contributed by atoms with Gasteiger partial charge < -0.3 is 10.1 Å². The van der Waals surface area contributed by atoms with Crippen molar-refractivity contribution in [3.8, 4) is 11.1 Å². The molecule has 0 aliphatic rings. The Kier molecular flexibility index (Phi) is 8.04. The molecule has 1 aromatic carbocycles. The number of carbonyl (C=O) groups excluding carboxylic acids is 2.